The van der Waals surface area contributed by atoms with Gasteiger partial charge >= 0.3 is 0 Å². The first-order valence-corrected chi connectivity index (χ1v) is 5.59. The van der Waals surface area contributed by atoms with Crippen LogP contribution < -0.4 is 5.32 Å². The standard InChI is InChI=1S/C13H13N3O/c1-7-3-5-9(6-4-7)11-10-8(2)15-16-12(10)13(17)14-11/h3-6,11H,1-2H3,(H,14,17)(H,15,16). The highest BCUT2D eigenvalue weighted by Gasteiger charge is 2.33. The number of carbonyl (C=O) groups excluding carboxylic acids is 1. The van der Waals surface area contributed by atoms with Gasteiger partial charge in [0, 0.05) is 11.3 Å². The summed E-state index contributed by atoms with van der Waals surface area (Å²) in [5, 5.41) is 9.86. The number of aryl methyl sites for hydroxylation is 2. The predicted molar refractivity (Wildman–Crippen MR) is 63.8 cm³/mol. The molecule has 2 aromatic rings. The van der Waals surface area contributed by atoms with E-state index in [1.54, 1.807) is 0 Å². The molecule has 1 aliphatic rings. The number of rotatable bonds is 1. The van der Waals surface area contributed by atoms with Gasteiger partial charge in [-0.15, -0.1) is 0 Å². The molecule has 3 rings (SSSR count). The van der Waals surface area contributed by atoms with E-state index in [1.807, 2.05) is 26.0 Å². The first kappa shape index (κ1) is 10.1. The van der Waals surface area contributed by atoms with E-state index in [0.29, 0.717) is 5.69 Å². The van der Waals surface area contributed by atoms with Crippen molar-refractivity contribution in [2.75, 3.05) is 0 Å². The Hall–Kier alpha value is -2.10. The molecule has 0 aliphatic carbocycles. The molecule has 0 bridgehead atoms. The minimum atomic E-state index is -0.102. The molecule has 86 valence electrons. The van der Waals surface area contributed by atoms with E-state index < -0.39 is 0 Å². The summed E-state index contributed by atoms with van der Waals surface area (Å²) in [4.78, 5) is 11.7. The smallest absolute Gasteiger partial charge is 0.272 e. The minimum absolute atomic E-state index is 0.0724. The number of carbonyl (C=O) groups is 1. The Morgan fingerprint density at radius 2 is 1.88 bits per heavy atom. The number of nitrogens with zero attached hydrogens (tertiary/aromatic N) is 1. The predicted octanol–water partition coefficient (Wildman–Crippen LogP) is 1.86. The van der Waals surface area contributed by atoms with Gasteiger partial charge in [-0.2, -0.15) is 5.10 Å². The van der Waals surface area contributed by atoms with Crippen molar-refractivity contribution < 1.29 is 4.79 Å². The Labute approximate surface area is 99.1 Å². The van der Waals surface area contributed by atoms with Crippen LogP contribution in [0.15, 0.2) is 24.3 Å². The minimum Gasteiger partial charge on any atom is -0.340 e. The van der Waals surface area contributed by atoms with Gasteiger partial charge in [0.25, 0.3) is 5.91 Å². The van der Waals surface area contributed by atoms with Crippen molar-refractivity contribution in [2.45, 2.75) is 19.9 Å². The fourth-order valence-electron chi connectivity index (χ4n) is 2.24. The Morgan fingerprint density at radius 1 is 1.18 bits per heavy atom. The van der Waals surface area contributed by atoms with Gasteiger partial charge in [0.15, 0.2) is 5.69 Å². The molecular weight excluding hydrogens is 214 g/mol. The van der Waals surface area contributed by atoms with Gasteiger partial charge in [0.05, 0.1) is 6.04 Å². The molecular formula is C13H13N3O. The van der Waals surface area contributed by atoms with Gasteiger partial charge in [-0.05, 0) is 19.4 Å². The second kappa shape index (κ2) is 3.45. The molecule has 1 atom stereocenters. The molecule has 17 heavy (non-hydrogen) atoms. The van der Waals surface area contributed by atoms with Crippen LogP contribution in [0.4, 0.5) is 0 Å². The van der Waals surface area contributed by atoms with Crippen molar-refractivity contribution in [3.05, 3.63) is 52.3 Å². The number of H-pyrrole nitrogens is 1. The molecule has 4 heteroatoms. The molecule has 0 fully saturated rings. The lowest BCUT2D eigenvalue weighted by atomic mass is 9.99. The summed E-state index contributed by atoms with van der Waals surface area (Å²) in [6.45, 7) is 3.98. The van der Waals surface area contributed by atoms with Crippen molar-refractivity contribution in [2.24, 2.45) is 0 Å². The summed E-state index contributed by atoms with van der Waals surface area (Å²) in [5.74, 6) is -0.102. The third kappa shape index (κ3) is 1.45. The van der Waals surface area contributed by atoms with Crippen molar-refractivity contribution in [3.8, 4) is 0 Å². The van der Waals surface area contributed by atoms with Crippen LogP contribution in [0.3, 0.4) is 0 Å². The summed E-state index contributed by atoms with van der Waals surface area (Å²) in [5.41, 5.74) is 4.74. The van der Waals surface area contributed by atoms with E-state index >= 15 is 0 Å². The molecule has 1 unspecified atom stereocenters. The van der Waals surface area contributed by atoms with Gasteiger partial charge in [-0.1, -0.05) is 29.8 Å². The zero-order chi connectivity index (χ0) is 12.0. The molecule has 4 nitrogen and oxygen atoms in total. The van der Waals surface area contributed by atoms with Gasteiger partial charge in [0.1, 0.15) is 0 Å². The average Bonchev–Trinajstić information content (AvgIpc) is 2.83. The van der Waals surface area contributed by atoms with Crippen LogP contribution >= 0.6 is 0 Å². The zero-order valence-corrected chi connectivity index (χ0v) is 9.74. The molecule has 0 saturated heterocycles. The first-order valence-electron chi connectivity index (χ1n) is 5.59. The third-order valence-corrected chi connectivity index (χ3v) is 3.18. The number of hydrogen-bond donors (Lipinski definition) is 2. The summed E-state index contributed by atoms with van der Waals surface area (Å²) in [6.07, 6.45) is 0. The first-order chi connectivity index (χ1) is 8.16. The van der Waals surface area contributed by atoms with Gasteiger partial charge in [-0.25, -0.2) is 0 Å². The monoisotopic (exact) mass is 227 g/mol. The largest absolute Gasteiger partial charge is 0.340 e. The fraction of sp³-hybridized carbons (Fsp3) is 0.231. The second-order valence-corrected chi connectivity index (χ2v) is 4.43. The summed E-state index contributed by atoms with van der Waals surface area (Å²) >= 11 is 0. The maximum absolute atomic E-state index is 11.7. The number of hydrogen-bond acceptors (Lipinski definition) is 2. The highest BCUT2D eigenvalue weighted by molar-refractivity contribution is 5.98. The lowest BCUT2D eigenvalue weighted by Gasteiger charge is -2.12. The number of benzene rings is 1. The SMILES string of the molecule is Cc1ccc(C2NC(=O)c3n[nH]c(C)c32)cc1. The second-order valence-electron chi connectivity index (χ2n) is 4.43. The van der Waals surface area contributed by atoms with Crippen molar-refractivity contribution in [1.82, 2.24) is 15.5 Å². The van der Waals surface area contributed by atoms with E-state index in [1.165, 1.54) is 5.56 Å². The lowest BCUT2D eigenvalue weighted by Crippen LogP contribution is -2.21. The molecule has 1 amide bonds. The Morgan fingerprint density at radius 3 is 2.59 bits per heavy atom. The fourth-order valence-corrected chi connectivity index (χ4v) is 2.24. The Balaban J connectivity index is 2.09. The van der Waals surface area contributed by atoms with Crippen molar-refractivity contribution >= 4 is 5.91 Å². The van der Waals surface area contributed by atoms with E-state index in [2.05, 4.69) is 27.6 Å². The molecule has 2 heterocycles. The van der Waals surface area contributed by atoms with Gasteiger partial charge < -0.3 is 5.32 Å². The summed E-state index contributed by atoms with van der Waals surface area (Å²) < 4.78 is 0. The molecule has 0 radical (unpaired) electrons. The molecule has 1 aromatic heterocycles. The molecule has 2 N–H and O–H groups in total. The number of amides is 1. The average molecular weight is 227 g/mol. The van der Waals surface area contributed by atoms with Crippen molar-refractivity contribution in [3.63, 3.8) is 0 Å². The molecule has 1 aromatic carbocycles. The zero-order valence-electron chi connectivity index (χ0n) is 9.74. The number of aromatic amines is 1. The number of aromatic nitrogens is 2. The highest BCUT2D eigenvalue weighted by atomic mass is 16.2. The normalized spacial score (nSPS) is 18.0. The van der Waals surface area contributed by atoms with Gasteiger partial charge in [0.2, 0.25) is 0 Å². The van der Waals surface area contributed by atoms with Crippen LogP contribution in [0.2, 0.25) is 0 Å². The number of fused-ring (bicyclic) bond motifs is 1. The maximum atomic E-state index is 11.7. The van der Waals surface area contributed by atoms with Crippen LogP contribution in [0, 0.1) is 13.8 Å². The van der Waals surface area contributed by atoms with Crippen LogP contribution in [0.1, 0.15) is 38.9 Å². The third-order valence-electron chi connectivity index (χ3n) is 3.18. The summed E-state index contributed by atoms with van der Waals surface area (Å²) in [7, 11) is 0. The van der Waals surface area contributed by atoms with E-state index in [0.717, 1.165) is 16.8 Å². The van der Waals surface area contributed by atoms with Crippen LogP contribution in [0.5, 0.6) is 0 Å². The van der Waals surface area contributed by atoms with Crippen LogP contribution in [-0.2, 0) is 0 Å². The number of nitrogens with one attached hydrogen (secondary N) is 2. The lowest BCUT2D eigenvalue weighted by molar-refractivity contribution is 0.0955. The topological polar surface area (TPSA) is 57.8 Å². The summed E-state index contributed by atoms with van der Waals surface area (Å²) in [6, 6.07) is 8.12. The quantitative estimate of drug-likeness (QED) is 0.781. The Kier molecular flexibility index (Phi) is 2.04. The Bertz CT molecular complexity index is 583. The molecule has 0 saturated carbocycles. The molecule has 1 aliphatic heterocycles. The van der Waals surface area contributed by atoms with Crippen LogP contribution in [-0.4, -0.2) is 16.1 Å². The van der Waals surface area contributed by atoms with E-state index in [9.17, 15) is 4.79 Å². The van der Waals surface area contributed by atoms with Crippen LogP contribution in [0.25, 0.3) is 0 Å². The van der Waals surface area contributed by atoms with Crippen molar-refractivity contribution in [1.29, 1.82) is 0 Å². The highest BCUT2D eigenvalue weighted by Crippen LogP contribution is 2.31. The maximum Gasteiger partial charge on any atom is 0.272 e. The van der Waals surface area contributed by atoms with E-state index in [4.69, 9.17) is 0 Å². The molecule has 0 spiro atoms. The van der Waals surface area contributed by atoms with Gasteiger partial charge in [-0.3, -0.25) is 9.89 Å². The van der Waals surface area contributed by atoms with E-state index in [-0.39, 0.29) is 11.9 Å².